The Morgan fingerprint density at radius 3 is 1.78 bits per heavy atom. The average Bonchev–Trinajstić information content (AvgIpc) is 3.41. The van der Waals surface area contributed by atoms with Crippen molar-refractivity contribution < 1.29 is 119 Å². The third-order valence-corrected chi connectivity index (χ3v) is 9.85. The molecule has 25 nitrogen and oxygen atoms in total. The van der Waals surface area contributed by atoms with Crippen molar-refractivity contribution in [3.8, 4) is 0 Å². The highest BCUT2D eigenvalue weighted by molar-refractivity contribution is 5.78. The number of carbonyl (C=O) groups is 2. The van der Waals surface area contributed by atoms with E-state index >= 15 is 0 Å². The Labute approximate surface area is 311 Å². The van der Waals surface area contributed by atoms with Crippen molar-refractivity contribution in [2.75, 3.05) is 40.1 Å². The van der Waals surface area contributed by atoms with Crippen LogP contribution in [0.5, 0.6) is 0 Å². The topological polar surface area (TPSA) is 403 Å². The monoisotopic (exact) mass is 809 g/mol. The number of ether oxygens (including phenoxy) is 8. The van der Waals surface area contributed by atoms with Gasteiger partial charge in [-0.2, -0.15) is 0 Å². The summed E-state index contributed by atoms with van der Waals surface area (Å²) in [6.45, 7) is -4.42. The standard InChI is InChI=1S/C30H51NO24/c1-9(37)31-15-11(49-26-21(44)19(42)16(39)12(5-33)50-26)3-29(28(47)48-2,55-30(8-36)25(46)18(41)14(7-35)53-30)54-24(15)23(10(38)4-32)52-27-22(45)20(43)17(40)13(6-34)51-27/h10-27,32-36,38-46H,3-8H2,1-2H3,(H,31,37)/t10-,11+,12-,13-,14-,15-,16-,17-,18-,19+,20+,21-,22-,23-,24-,25+,26+,27-,29+,30+/m1/s1. The number of hydrogen-bond donors (Lipinski definition) is 15. The zero-order valence-corrected chi connectivity index (χ0v) is 29.5. The van der Waals surface area contributed by atoms with E-state index < -0.39 is 173 Å². The molecule has 15 N–H and O–H groups in total. The van der Waals surface area contributed by atoms with Crippen molar-refractivity contribution in [3.05, 3.63) is 0 Å². The molecule has 4 rings (SSSR count). The van der Waals surface area contributed by atoms with Gasteiger partial charge < -0.3 is 115 Å². The van der Waals surface area contributed by atoms with E-state index in [1.165, 1.54) is 0 Å². The summed E-state index contributed by atoms with van der Waals surface area (Å²) in [6.07, 6.45) is -34.6. The molecule has 0 unspecified atom stereocenters. The second kappa shape index (κ2) is 18.8. The molecular weight excluding hydrogens is 758 g/mol. The highest BCUT2D eigenvalue weighted by Gasteiger charge is 2.66. The van der Waals surface area contributed by atoms with Crippen LogP contribution in [0.1, 0.15) is 13.3 Å². The third kappa shape index (κ3) is 9.07. The SMILES string of the molecule is COC(=O)[C@@]1(O[C@]2(CO)O[C@H](CO)[C@@H](O)[C@@H]2O)C[C@H](O[C@H]2O[C@H](CO)[C@@H](O)[C@H](O)[C@H]2O)[C@@H](NC(C)=O)[C@H]([C@H](O[C@H]2O[C@H](CO)[C@@H](O)[C@H](O)[C@H]2O)[C@H](O)CO)O1. The summed E-state index contributed by atoms with van der Waals surface area (Å²) < 4.78 is 45.0. The predicted octanol–water partition coefficient (Wildman–Crippen LogP) is -10.3. The Morgan fingerprint density at radius 1 is 0.764 bits per heavy atom. The van der Waals surface area contributed by atoms with Crippen molar-refractivity contribution >= 4 is 11.9 Å². The van der Waals surface area contributed by atoms with Crippen molar-refractivity contribution in [2.45, 2.75) is 135 Å². The van der Waals surface area contributed by atoms with E-state index in [1.807, 2.05) is 0 Å². The van der Waals surface area contributed by atoms with Crippen LogP contribution in [0.3, 0.4) is 0 Å². The van der Waals surface area contributed by atoms with Crippen LogP contribution in [0.4, 0.5) is 0 Å². The second-order valence-corrected chi connectivity index (χ2v) is 13.5. The van der Waals surface area contributed by atoms with Crippen molar-refractivity contribution in [1.29, 1.82) is 0 Å². The van der Waals surface area contributed by atoms with Gasteiger partial charge in [0, 0.05) is 13.3 Å². The van der Waals surface area contributed by atoms with Gasteiger partial charge in [-0.05, 0) is 0 Å². The molecule has 20 atom stereocenters. The minimum atomic E-state index is -3.10. The molecule has 4 aliphatic heterocycles. The molecule has 320 valence electrons. The predicted molar refractivity (Wildman–Crippen MR) is 167 cm³/mol. The van der Waals surface area contributed by atoms with Gasteiger partial charge in [0.2, 0.25) is 11.7 Å². The molecule has 0 bridgehead atoms. The van der Waals surface area contributed by atoms with Crippen molar-refractivity contribution in [2.24, 2.45) is 0 Å². The van der Waals surface area contributed by atoms with E-state index in [9.17, 15) is 81.1 Å². The molecule has 4 fully saturated rings. The first-order valence-electron chi connectivity index (χ1n) is 17.1. The van der Waals surface area contributed by atoms with Gasteiger partial charge in [-0.25, -0.2) is 4.79 Å². The van der Waals surface area contributed by atoms with E-state index in [0.29, 0.717) is 0 Å². The number of rotatable bonds is 15. The fourth-order valence-corrected chi connectivity index (χ4v) is 6.86. The second-order valence-electron chi connectivity index (χ2n) is 13.5. The molecule has 25 heteroatoms. The summed E-state index contributed by atoms with van der Waals surface area (Å²) in [5.74, 6) is -8.37. The normalized spacial score (nSPS) is 46.2. The van der Waals surface area contributed by atoms with E-state index in [1.54, 1.807) is 0 Å². The summed E-state index contributed by atoms with van der Waals surface area (Å²) in [4.78, 5) is 26.6. The van der Waals surface area contributed by atoms with Crippen LogP contribution in [0.2, 0.25) is 0 Å². The van der Waals surface area contributed by atoms with Gasteiger partial charge in [0.15, 0.2) is 12.6 Å². The number of methoxy groups -OCH3 is 1. The Balaban J connectivity index is 1.90. The Bertz CT molecular complexity index is 1270. The summed E-state index contributed by atoms with van der Waals surface area (Å²) in [6, 6.07) is -1.78. The number of nitrogens with one attached hydrogen (secondary N) is 1. The molecule has 4 saturated heterocycles. The summed E-state index contributed by atoms with van der Waals surface area (Å²) in [5.41, 5.74) is 0. The van der Waals surface area contributed by atoms with Gasteiger partial charge in [-0.1, -0.05) is 0 Å². The van der Waals surface area contributed by atoms with Crippen LogP contribution in [0.15, 0.2) is 0 Å². The molecule has 0 saturated carbocycles. The lowest BCUT2D eigenvalue weighted by atomic mass is 9.87. The molecular formula is C30H51NO24. The van der Waals surface area contributed by atoms with Gasteiger partial charge >= 0.3 is 5.97 Å². The maximum Gasteiger partial charge on any atom is 0.366 e. The van der Waals surface area contributed by atoms with Crippen LogP contribution >= 0.6 is 0 Å². The highest BCUT2D eigenvalue weighted by atomic mass is 16.8. The maximum absolute atomic E-state index is 13.9. The number of amides is 1. The minimum absolute atomic E-state index is 0.812. The molecule has 4 aliphatic rings. The fourth-order valence-electron chi connectivity index (χ4n) is 6.86. The molecule has 0 aromatic heterocycles. The van der Waals surface area contributed by atoms with E-state index in [-0.39, 0.29) is 0 Å². The van der Waals surface area contributed by atoms with Crippen LogP contribution in [0, 0.1) is 0 Å². The molecule has 4 heterocycles. The Kier molecular flexibility index (Phi) is 15.6. The number of aliphatic hydroxyl groups is 14. The minimum Gasteiger partial charge on any atom is -0.465 e. The first-order chi connectivity index (χ1) is 25.9. The van der Waals surface area contributed by atoms with Crippen molar-refractivity contribution in [3.63, 3.8) is 0 Å². The zero-order valence-electron chi connectivity index (χ0n) is 29.5. The lowest BCUT2D eigenvalue weighted by molar-refractivity contribution is -0.411. The molecule has 1 amide bonds. The number of hydrogen-bond acceptors (Lipinski definition) is 24. The summed E-state index contributed by atoms with van der Waals surface area (Å²) >= 11 is 0. The lowest BCUT2D eigenvalue weighted by Gasteiger charge is -2.52. The van der Waals surface area contributed by atoms with Crippen LogP contribution in [-0.4, -0.2) is 245 Å². The number of aliphatic hydroxyl groups excluding tert-OH is 14. The average molecular weight is 810 g/mol. The molecule has 0 aliphatic carbocycles. The maximum atomic E-state index is 13.9. The Morgan fingerprint density at radius 2 is 1.31 bits per heavy atom. The molecule has 55 heavy (non-hydrogen) atoms. The van der Waals surface area contributed by atoms with Gasteiger partial charge in [0.05, 0.1) is 45.7 Å². The zero-order chi connectivity index (χ0) is 41.2. The molecule has 0 aromatic rings. The van der Waals surface area contributed by atoms with Crippen LogP contribution < -0.4 is 5.32 Å². The number of carbonyl (C=O) groups excluding carboxylic acids is 2. The number of esters is 1. The largest absolute Gasteiger partial charge is 0.465 e. The van der Waals surface area contributed by atoms with Crippen molar-refractivity contribution in [1.82, 2.24) is 5.32 Å². The first-order valence-corrected chi connectivity index (χ1v) is 17.1. The van der Waals surface area contributed by atoms with Gasteiger partial charge in [-0.3, -0.25) is 4.79 Å². The fraction of sp³-hybridized carbons (Fsp3) is 0.933. The van der Waals surface area contributed by atoms with Gasteiger partial charge in [0.1, 0.15) is 92.1 Å². The van der Waals surface area contributed by atoms with E-state index in [4.69, 9.17) is 37.9 Å². The van der Waals surface area contributed by atoms with Gasteiger partial charge in [0.25, 0.3) is 5.79 Å². The smallest absolute Gasteiger partial charge is 0.366 e. The Hall–Kier alpha value is -1.90. The summed E-state index contributed by atoms with van der Waals surface area (Å²) in [5, 5.41) is 148. The molecule has 0 spiro atoms. The third-order valence-electron chi connectivity index (χ3n) is 9.85. The lowest BCUT2D eigenvalue weighted by Crippen LogP contribution is -2.72. The quantitative estimate of drug-likeness (QED) is 0.0683. The molecule has 0 radical (unpaired) electrons. The van der Waals surface area contributed by atoms with Crippen LogP contribution in [-0.2, 0) is 47.5 Å². The first kappa shape index (κ1) is 45.8. The van der Waals surface area contributed by atoms with E-state index in [2.05, 4.69) is 5.32 Å². The van der Waals surface area contributed by atoms with E-state index in [0.717, 1.165) is 14.0 Å². The van der Waals surface area contributed by atoms with Gasteiger partial charge in [-0.15, -0.1) is 0 Å². The molecule has 0 aromatic carbocycles. The summed E-state index contributed by atoms with van der Waals surface area (Å²) in [7, 11) is 0.812. The van der Waals surface area contributed by atoms with Crippen LogP contribution in [0.25, 0.3) is 0 Å². The highest BCUT2D eigenvalue weighted by Crippen LogP contribution is 2.44.